The molecule has 1 aromatic carbocycles. The van der Waals surface area contributed by atoms with E-state index in [4.69, 9.17) is 4.74 Å². The minimum Gasteiger partial charge on any atom is -0.406 e. The van der Waals surface area contributed by atoms with E-state index in [1.54, 1.807) is 6.92 Å². The molecule has 1 N–H and O–H groups in total. The summed E-state index contributed by atoms with van der Waals surface area (Å²) in [5.74, 6) is -0.315. The average molecular weight is 250 g/mol. The van der Waals surface area contributed by atoms with Crippen LogP contribution in [-0.2, 0) is 4.74 Å². The van der Waals surface area contributed by atoms with Crippen LogP contribution in [0.4, 0.5) is 13.2 Å². The molecule has 0 aliphatic heterocycles. The first-order valence-electron chi connectivity index (χ1n) is 5.04. The highest BCUT2D eigenvalue weighted by Crippen LogP contribution is 2.24. The van der Waals surface area contributed by atoms with Gasteiger partial charge in [-0.2, -0.15) is 0 Å². The molecule has 0 saturated heterocycles. The molecule has 0 fully saturated rings. The lowest BCUT2D eigenvalue weighted by Gasteiger charge is -2.12. The molecule has 3 nitrogen and oxygen atoms in total. The van der Waals surface area contributed by atoms with E-state index in [9.17, 15) is 18.3 Å². The average Bonchev–Trinajstić information content (AvgIpc) is 2.24. The number of alkyl halides is 3. The largest absolute Gasteiger partial charge is 0.573 e. The van der Waals surface area contributed by atoms with Crippen molar-refractivity contribution >= 4 is 0 Å². The maximum atomic E-state index is 11.9. The van der Waals surface area contributed by atoms with Crippen LogP contribution in [0.1, 0.15) is 18.6 Å². The van der Waals surface area contributed by atoms with Gasteiger partial charge < -0.3 is 14.6 Å². The molecule has 0 aliphatic rings. The lowest BCUT2D eigenvalue weighted by Crippen LogP contribution is -2.17. The number of aliphatic hydroxyl groups excluding tert-OH is 1. The number of hydrogen-bond donors (Lipinski definition) is 1. The van der Waals surface area contributed by atoms with Crippen molar-refractivity contribution < 1.29 is 27.8 Å². The molecular weight excluding hydrogens is 237 g/mol. The van der Waals surface area contributed by atoms with Gasteiger partial charge >= 0.3 is 6.36 Å². The normalized spacial score (nSPS) is 13.5. The van der Waals surface area contributed by atoms with Crippen LogP contribution in [0.25, 0.3) is 0 Å². The first-order chi connectivity index (χ1) is 7.92. The third-order valence-electron chi connectivity index (χ3n) is 1.98. The Balaban J connectivity index is 2.61. The minimum absolute atomic E-state index is 0.107. The number of benzene rings is 1. The zero-order valence-electron chi connectivity index (χ0n) is 9.20. The molecular formula is C11H13F3O3. The zero-order valence-corrected chi connectivity index (χ0v) is 9.20. The fraction of sp³-hybridized carbons (Fsp3) is 0.455. The summed E-state index contributed by atoms with van der Waals surface area (Å²) in [6.45, 7) is 2.36. The van der Waals surface area contributed by atoms with Gasteiger partial charge in [0.05, 0.1) is 6.61 Å². The van der Waals surface area contributed by atoms with Crippen LogP contribution in [0.5, 0.6) is 5.75 Å². The summed E-state index contributed by atoms with van der Waals surface area (Å²) >= 11 is 0. The second-order valence-electron chi connectivity index (χ2n) is 3.29. The highest BCUT2D eigenvalue weighted by atomic mass is 19.4. The molecule has 0 radical (unpaired) electrons. The van der Waals surface area contributed by atoms with Gasteiger partial charge in [0.2, 0.25) is 0 Å². The highest BCUT2D eigenvalue weighted by molar-refractivity contribution is 5.28. The van der Waals surface area contributed by atoms with Gasteiger partial charge in [-0.15, -0.1) is 13.2 Å². The van der Waals surface area contributed by atoms with Crippen LogP contribution in [0.2, 0.25) is 0 Å². The number of aliphatic hydroxyl groups is 1. The first-order valence-corrected chi connectivity index (χ1v) is 5.04. The van der Waals surface area contributed by atoms with E-state index in [-0.39, 0.29) is 12.4 Å². The van der Waals surface area contributed by atoms with Gasteiger partial charge in [0.15, 0.2) is 0 Å². The Morgan fingerprint density at radius 3 is 2.29 bits per heavy atom. The van der Waals surface area contributed by atoms with Gasteiger partial charge in [0.1, 0.15) is 11.9 Å². The minimum atomic E-state index is -4.70. The van der Waals surface area contributed by atoms with Gasteiger partial charge in [0, 0.05) is 6.61 Å². The predicted octanol–water partition coefficient (Wildman–Crippen LogP) is 2.66. The van der Waals surface area contributed by atoms with Gasteiger partial charge in [-0.1, -0.05) is 12.1 Å². The fourth-order valence-corrected chi connectivity index (χ4v) is 1.22. The van der Waals surface area contributed by atoms with E-state index in [1.165, 1.54) is 12.1 Å². The van der Waals surface area contributed by atoms with Crippen molar-refractivity contribution in [3.63, 3.8) is 0 Å². The summed E-state index contributed by atoms with van der Waals surface area (Å²) in [4.78, 5) is 0. The van der Waals surface area contributed by atoms with Crippen molar-refractivity contribution in [2.45, 2.75) is 19.4 Å². The van der Waals surface area contributed by atoms with Crippen LogP contribution in [0, 0.1) is 0 Å². The molecule has 1 rings (SSSR count). The molecule has 0 aliphatic carbocycles. The Labute approximate surface area is 96.8 Å². The van der Waals surface area contributed by atoms with E-state index in [2.05, 4.69) is 4.74 Å². The molecule has 1 aromatic rings. The number of halogens is 3. The Morgan fingerprint density at radius 1 is 1.24 bits per heavy atom. The lowest BCUT2D eigenvalue weighted by molar-refractivity contribution is -0.274. The van der Waals surface area contributed by atoms with Crippen LogP contribution in [0.15, 0.2) is 24.3 Å². The Morgan fingerprint density at radius 2 is 1.82 bits per heavy atom. The van der Waals surface area contributed by atoms with Crippen LogP contribution < -0.4 is 4.74 Å². The lowest BCUT2D eigenvalue weighted by atomic mass is 10.1. The molecule has 0 amide bonds. The second kappa shape index (κ2) is 5.88. The number of hydrogen-bond acceptors (Lipinski definition) is 3. The molecule has 0 heterocycles. The summed E-state index contributed by atoms with van der Waals surface area (Å²) in [7, 11) is 0. The standard InChI is InChI=1S/C11H13F3O3/c1-2-16-7-10(15)8-3-5-9(6-4-8)17-11(12,13)14/h3-6,10,15H,2,7H2,1H3. The monoisotopic (exact) mass is 250 g/mol. The quantitative estimate of drug-likeness (QED) is 0.873. The van der Waals surface area contributed by atoms with E-state index in [0.29, 0.717) is 12.2 Å². The van der Waals surface area contributed by atoms with Crippen LogP contribution >= 0.6 is 0 Å². The van der Waals surface area contributed by atoms with Gasteiger partial charge in [0.25, 0.3) is 0 Å². The maximum absolute atomic E-state index is 11.9. The van der Waals surface area contributed by atoms with E-state index in [1.807, 2.05) is 0 Å². The van der Waals surface area contributed by atoms with Crippen LogP contribution in [0.3, 0.4) is 0 Å². The van der Waals surface area contributed by atoms with E-state index < -0.39 is 12.5 Å². The molecule has 0 spiro atoms. The first kappa shape index (κ1) is 13.8. The maximum Gasteiger partial charge on any atom is 0.573 e. The van der Waals surface area contributed by atoms with Crippen molar-refractivity contribution in [3.05, 3.63) is 29.8 Å². The number of ether oxygens (including phenoxy) is 2. The van der Waals surface area contributed by atoms with Crippen molar-refractivity contribution in [2.75, 3.05) is 13.2 Å². The van der Waals surface area contributed by atoms with Gasteiger partial charge in [-0.3, -0.25) is 0 Å². The smallest absolute Gasteiger partial charge is 0.406 e. The van der Waals surface area contributed by atoms with E-state index in [0.717, 1.165) is 12.1 Å². The summed E-state index contributed by atoms with van der Waals surface area (Å²) in [5.41, 5.74) is 0.480. The summed E-state index contributed by atoms with van der Waals surface area (Å²) in [5, 5.41) is 9.59. The van der Waals surface area contributed by atoms with Crippen molar-refractivity contribution in [1.82, 2.24) is 0 Å². The third kappa shape index (κ3) is 5.06. The third-order valence-corrected chi connectivity index (χ3v) is 1.98. The van der Waals surface area contributed by atoms with Crippen LogP contribution in [-0.4, -0.2) is 24.7 Å². The van der Waals surface area contributed by atoms with Gasteiger partial charge in [-0.05, 0) is 24.6 Å². The molecule has 0 aromatic heterocycles. The Kier molecular flexibility index (Phi) is 4.77. The molecule has 17 heavy (non-hydrogen) atoms. The molecule has 0 saturated carbocycles. The Bertz CT molecular complexity index is 335. The summed E-state index contributed by atoms with van der Waals surface area (Å²) in [6.07, 6.45) is -5.55. The molecule has 0 bridgehead atoms. The molecule has 96 valence electrons. The zero-order chi connectivity index (χ0) is 12.9. The summed E-state index contributed by atoms with van der Waals surface area (Å²) in [6, 6.07) is 5.03. The fourth-order valence-electron chi connectivity index (χ4n) is 1.22. The molecule has 6 heteroatoms. The van der Waals surface area contributed by atoms with E-state index >= 15 is 0 Å². The highest BCUT2D eigenvalue weighted by Gasteiger charge is 2.31. The summed E-state index contributed by atoms with van der Waals surface area (Å²) < 4.78 is 44.3. The topological polar surface area (TPSA) is 38.7 Å². The van der Waals surface area contributed by atoms with Crippen molar-refractivity contribution in [1.29, 1.82) is 0 Å². The SMILES string of the molecule is CCOCC(O)c1ccc(OC(F)(F)F)cc1. The van der Waals surface area contributed by atoms with Gasteiger partial charge in [-0.25, -0.2) is 0 Å². The number of rotatable bonds is 5. The Hall–Kier alpha value is -1.27. The predicted molar refractivity (Wildman–Crippen MR) is 54.6 cm³/mol. The molecule has 1 unspecified atom stereocenters. The second-order valence-corrected chi connectivity index (χ2v) is 3.29. The molecule has 1 atom stereocenters. The van der Waals surface area contributed by atoms with Crippen molar-refractivity contribution in [2.24, 2.45) is 0 Å². The van der Waals surface area contributed by atoms with Crippen molar-refractivity contribution in [3.8, 4) is 5.75 Å².